The molecule has 0 aliphatic heterocycles. The van der Waals surface area contributed by atoms with E-state index in [2.05, 4.69) is 12.2 Å². The Bertz CT molecular complexity index is 23.6. The van der Waals surface area contributed by atoms with Crippen molar-refractivity contribution in [3.8, 4) is 0 Å². The van der Waals surface area contributed by atoms with Gasteiger partial charge in [-0.15, -0.1) is 6.61 Å². The van der Waals surface area contributed by atoms with Crippen molar-refractivity contribution >= 4 is 17.6 Å². The first-order valence-electron chi connectivity index (χ1n) is 0.933. The number of hydrogen-bond acceptors (Lipinski definition) is 2. The van der Waals surface area contributed by atoms with Crippen molar-refractivity contribution in [1.82, 2.24) is 0 Å². The fourth-order valence-electron chi connectivity index (χ4n) is 0. The fraction of sp³-hybridized carbons (Fsp3) is 0.500. The first kappa shape index (κ1) is 9.41. The van der Waals surface area contributed by atoms with Crippen molar-refractivity contribution in [2.24, 2.45) is 0 Å². The summed E-state index contributed by atoms with van der Waals surface area (Å²) in [6.45, 7) is -0.241. The van der Waals surface area contributed by atoms with E-state index in [1.54, 1.807) is 0 Å². The van der Waals surface area contributed by atoms with Crippen molar-refractivity contribution in [3.63, 3.8) is 0 Å². The second-order valence-electron chi connectivity index (χ2n) is 0.333. The molecular weight excluding hydrogens is 95.1 g/mol. The maximum atomic E-state index is 9.14. The SMILES string of the molecule is [Na+].[O-]CC=S. The van der Waals surface area contributed by atoms with Gasteiger partial charge in [-0.2, -0.15) is 0 Å². The molecule has 0 spiro atoms. The zero-order valence-electron chi connectivity index (χ0n) is 3.10. The van der Waals surface area contributed by atoms with Crippen LogP contribution in [0.4, 0.5) is 0 Å². The normalized spacial score (nSPS) is 5.00. The van der Waals surface area contributed by atoms with E-state index in [1.165, 1.54) is 0 Å². The summed E-state index contributed by atoms with van der Waals surface area (Å²) in [6.07, 6.45) is 0. The Labute approximate surface area is 58.7 Å². The maximum absolute atomic E-state index is 9.14. The molecule has 0 rings (SSSR count). The van der Waals surface area contributed by atoms with Crippen LogP contribution < -0.4 is 34.7 Å². The van der Waals surface area contributed by atoms with Crippen LogP contribution in [0.2, 0.25) is 0 Å². The first-order valence-corrected chi connectivity index (χ1v) is 1.40. The molecule has 0 radical (unpaired) electrons. The second-order valence-corrected chi connectivity index (χ2v) is 0.667. The van der Waals surface area contributed by atoms with Gasteiger partial charge in [0, 0.05) is 0 Å². The molecule has 0 saturated heterocycles. The van der Waals surface area contributed by atoms with E-state index in [4.69, 9.17) is 5.11 Å². The van der Waals surface area contributed by atoms with Crippen LogP contribution in [-0.4, -0.2) is 12.0 Å². The van der Waals surface area contributed by atoms with Gasteiger partial charge in [0.05, 0.1) is 0 Å². The third-order valence-electron chi connectivity index (χ3n) is 0.0680. The largest absolute Gasteiger partial charge is 1.00 e. The zero-order chi connectivity index (χ0) is 3.41. The van der Waals surface area contributed by atoms with Crippen LogP contribution in [0.25, 0.3) is 0 Å². The molecule has 0 N–H and O–H groups in total. The molecule has 0 aromatic rings. The molecule has 0 bridgehead atoms. The first-order chi connectivity index (χ1) is 1.91. The van der Waals surface area contributed by atoms with E-state index < -0.39 is 0 Å². The summed E-state index contributed by atoms with van der Waals surface area (Å²) in [5, 5.41) is 10.3. The average molecular weight is 98.1 g/mol. The predicted molar refractivity (Wildman–Crippen MR) is 18.5 cm³/mol. The van der Waals surface area contributed by atoms with E-state index >= 15 is 0 Å². The van der Waals surface area contributed by atoms with Gasteiger partial charge in [0.2, 0.25) is 0 Å². The third kappa shape index (κ3) is 11.2. The van der Waals surface area contributed by atoms with Crippen LogP contribution >= 0.6 is 12.2 Å². The summed E-state index contributed by atoms with van der Waals surface area (Å²) in [7, 11) is 0. The van der Waals surface area contributed by atoms with Crippen molar-refractivity contribution in [2.75, 3.05) is 6.61 Å². The van der Waals surface area contributed by atoms with Crippen molar-refractivity contribution in [3.05, 3.63) is 0 Å². The smallest absolute Gasteiger partial charge is 0.851 e. The molecule has 0 atom stereocenters. The summed E-state index contributed by atoms with van der Waals surface area (Å²) in [5.74, 6) is 0. The van der Waals surface area contributed by atoms with Crippen molar-refractivity contribution in [1.29, 1.82) is 0 Å². The van der Waals surface area contributed by atoms with Gasteiger partial charge in [-0.05, 0) is 5.37 Å². The Morgan fingerprint density at radius 3 is 2.00 bits per heavy atom. The van der Waals surface area contributed by atoms with Crippen LogP contribution in [0.15, 0.2) is 0 Å². The van der Waals surface area contributed by atoms with Gasteiger partial charge in [0.1, 0.15) is 0 Å². The predicted octanol–water partition coefficient (Wildman–Crippen LogP) is -3.65. The van der Waals surface area contributed by atoms with Crippen molar-refractivity contribution < 1.29 is 34.7 Å². The molecule has 0 aromatic heterocycles. The standard InChI is InChI=1S/C2H3OS.Na/c3-1-2-4;/h2H,1H2;/q-1;+1. The Kier molecular flexibility index (Phi) is 16.8. The monoisotopic (exact) mass is 98.0 g/mol. The quantitative estimate of drug-likeness (QED) is 0.249. The van der Waals surface area contributed by atoms with Crippen LogP contribution in [0.5, 0.6) is 0 Å². The van der Waals surface area contributed by atoms with Crippen LogP contribution in [0.1, 0.15) is 0 Å². The van der Waals surface area contributed by atoms with Gasteiger partial charge in [-0.25, -0.2) is 0 Å². The summed E-state index contributed by atoms with van der Waals surface area (Å²) >= 11 is 4.12. The van der Waals surface area contributed by atoms with Gasteiger partial charge < -0.3 is 5.11 Å². The van der Waals surface area contributed by atoms with E-state index in [9.17, 15) is 0 Å². The Balaban J connectivity index is 0. The number of rotatable bonds is 1. The van der Waals surface area contributed by atoms with Gasteiger partial charge in [-0.3, -0.25) is 0 Å². The molecule has 0 aliphatic carbocycles. The molecule has 0 amide bonds. The molecule has 5 heavy (non-hydrogen) atoms. The van der Waals surface area contributed by atoms with E-state index in [1.807, 2.05) is 0 Å². The second kappa shape index (κ2) is 8.90. The minimum atomic E-state index is -0.241. The van der Waals surface area contributed by atoms with E-state index in [0.29, 0.717) is 0 Å². The molecule has 0 saturated carbocycles. The molecule has 0 aliphatic rings. The maximum Gasteiger partial charge on any atom is 1.00 e. The minimum absolute atomic E-state index is 0. The number of thiocarbonyl (C=S) groups is 1. The summed E-state index contributed by atoms with van der Waals surface area (Å²) in [4.78, 5) is 0. The van der Waals surface area contributed by atoms with Crippen LogP contribution in [-0.2, 0) is 0 Å². The van der Waals surface area contributed by atoms with Crippen LogP contribution in [0, 0.1) is 0 Å². The Morgan fingerprint density at radius 2 is 2.00 bits per heavy atom. The topological polar surface area (TPSA) is 23.1 Å². The molecule has 1 nitrogen and oxygen atoms in total. The average Bonchev–Trinajstić information content (AvgIpc) is 1.37. The van der Waals surface area contributed by atoms with Gasteiger partial charge >= 0.3 is 29.6 Å². The van der Waals surface area contributed by atoms with Gasteiger partial charge in [0.25, 0.3) is 0 Å². The molecule has 24 valence electrons. The summed E-state index contributed by atoms with van der Waals surface area (Å²) in [5.41, 5.74) is 0. The Morgan fingerprint density at radius 1 is 1.80 bits per heavy atom. The molecule has 0 heterocycles. The number of hydrogen-bond donors (Lipinski definition) is 0. The zero-order valence-corrected chi connectivity index (χ0v) is 5.92. The van der Waals surface area contributed by atoms with E-state index in [-0.39, 0.29) is 36.2 Å². The van der Waals surface area contributed by atoms with E-state index in [0.717, 1.165) is 5.37 Å². The molecule has 3 heteroatoms. The van der Waals surface area contributed by atoms with Crippen molar-refractivity contribution in [2.45, 2.75) is 0 Å². The summed E-state index contributed by atoms with van der Waals surface area (Å²) in [6, 6.07) is 0. The minimum Gasteiger partial charge on any atom is -0.851 e. The molecule has 0 fully saturated rings. The molecule has 0 aromatic carbocycles. The molecular formula is C2H3NaOS. The summed E-state index contributed by atoms with van der Waals surface area (Å²) < 4.78 is 0. The molecule has 0 unspecified atom stereocenters. The fourth-order valence-corrected chi connectivity index (χ4v) is 0. The third-order valence-corrected chi connectivity index (χ3v) is 0.204. The van der Waals surface area contributed by atoms with Gasteiger partial charge in [-0.1, -0.05) is 12.2 Å². The van der Waals surface area contributed by atoms with Crippen LogP contribution in [0.3, 0.4) is 0 Å². The van der Waals surface area contributed by atoms with Gasteiger partial charge in [0.15, 0.2) is 0 Å². The Hall–Kier alpha value is 1.05.